The number of urea groups is 1. The van der Waals surface area contributed by atoms with Crippen molar-refractivity contribution in [3.63, 3.8) is 0 Å². The first kappa shape index (κ1) is 24.9. The highest BCUT2D eigenvalue weighted by molar-refractivity contribution is 7.89. The molecule has 0 unspecified atom stereocenters. The van der Waals surface area contributed by atoms with E-state index in [2.05, 4.69) is 10.6 Å². The third-order valence-corrected chi connectivity index (χ3v) is 8.84. The Kier molecular flexibility index (Phi) is 6.46. The Labute approximate surface area is 205 Å². The third kappa shape index (κ3) is 4.55. The molecule has 1 heterocycles. The van der Waals surface area contributed by atoms with Gasteiger partial charge in [0.15, 0.2) is 0 Å². The topological polar surface area (TPSA) is 116 Å². The molecule has 1 atom stereocenters. The Hall–Kier alpha value is -3.24. The molecule has 4 rings (SSSR count). The number of benzene rings is 2. The van der Waals surface area contributed by atoms with Crippen LogP contribution in [-0.4, -0.2) is 55.1 Å². The lowest BCUT2D eigenvalue weighted by Crippen LogP contribution is -2.42. The molecule has 0 saturated carbocycles. The molecule has 0 spiro atoms. The molecule has 2 aliphatic rings. The van der Waals surface area contributed by atoms with Crippen molar-refractivity contribution in [2.45, 2.75) is 56.5 Å². The molecule has 0 bridgehead atoms. The highest BCUT2D eigenvalue weighted by Crippen LogP contribution is 2.32. The number of hydrogen-bond donors (Lipinski definition) is 2. The van der Waals surface area contributed by atoms with Gasteiger partial charge in [-0.3, -0.25) is 14.5 Å². The van der Waals surface area contributed by atoms with E-state index in [4.69, 9.17) is 0 Å². The Bertz CT molecular complexity index is 1290. The van der Waals surface area contributed by atoms with Crippen LogP contribution in [0.1, 0.15) is 43.9 Å². The number of nitrogens with zero attached hydrogens (tertiary/aromatic N) is 2. The summed E-state index contributed by atoms with van der Waals surface area (Å²) >= 11 is 0. The molecular formula is C25H30N4O5S. The number of fused-ring (bicyclic) bond motifs is 1. The summed E-state index contributed by atoms with van der Waals surface area (Å²) < 4.78 is 26.5. The maximum absolute atomic E-state index is 13.2. The molecule has 1 saturated heterocycles. The lowest BCUT2D eigenvalue weighted by Gasteiger charge is -2.23. The minimum Gasteiger partial charge on any atom is -0.325 e. The van der Waals surface area contributed by atoms with E-state index in [1.54, 1.807) is 20.8 Å². The molecule has 1 fully saturated rings. The van der Waals surface area contributed by atoms with Crippen LogP contribution in [0.25, 0.3) is 0 Å². The second-order valence-corrected chi connectivity index (χ2v) is 11.5. The number of carbonyl (C=O) groups is 3. The van der Waals surface area contributed by atoms with E-state index in [1.165, 1.54) is 46.7 Å². The van der Waals surface area contributed by atoms with Crippen molar-refractivity contribution in [3.8, 4) is 0 Å². The molecule has 1 aliphatic carbocycles. The maximum atomic E-state index is 13.2. The second kappa shape index (κ2) is 9.09. The summed E-state index contributed by atoms with van der Waals surface area (Å²) in [5.74, 6) is -1.06. The van der Waals surface area contributed by atoms with Gasteiger partial charge in [-0.25, -0.2) is 13.2 Å². The summed E-state index contributed by atoms with van der Waals surface area (Å²) in [7, 11) is -2.14. The molecule has 2 aromatic carbocycles. The van der Waals surface area contributed by atoms with Crippen LogP contribution < -0.4 is 10.6 Å². The van der Waals surface area contributed by atoms with E-state index < -0.39 is 40.0 Å². The second-order valence-electron chi connectivity index (χ2n) is 9.47. The van der Waals surface area contributed by atoms with Crippen LogP contribution >= 0.6 is 0 Å². The van der Waals surface area contributed by atoms with Gasteiger partial charge in [-0.05, 0) is 81.0 Å². The van der Waals surface area contributed by atoms with Crippen molar-refractivity contribution < 1.29 is 22.8 Å². The lowest BCUT2D eigenvalue weighted by molar-refractivity contribution is -0.133. The average molecular weight is 499 g/mol. The van der Waals surface area contributed by atoms with Crippen molar-refractivity contribution in [2.24, 2.45) is 0 Å². The molecule has 2 N–H and O–H groups in total. The highest BCUT2D eigenvalue weighted by Gasteiger charge is 2.49. The summed E-state index contributed by atoms with van der Waals surface area (Å²) in [6.07, 6.45) is 3.03. The van der Waals surface area contributed by atoms with E-state index in [-0.39, 0.29) is 10.9 Å². The first-order chi connectivity index (χ1) is 16.4. The molecule has 9 nitrogen and oxygen atoms in total. The highest BCUT2D eigenvalue weighted by atomic mass is 32.2. The fraction of sp³-hybridized carbons (Fsp3) is 0.400. The van der Waals surface area contributed by atoms with Gasteiger partial charge >= 0.3 is 6.03 Å². The predicted molar refractivity (Wildman–Crippen MR) is 131 cm³/mol. The lowest BCUT2D eigenvalue weighted by atomic mass is 9.89. The van der Waals surface area contributed by atoms with Crippen molar-refractivity contribution in [3.05, 3.63) is 59.2 Å². The summed E-state index contributed by atoms with van der Waals surface area (Å²) in [5, 5.41) is 5.36. The van der Waals surface area contributed by atoms with Crippen molar-refractivity contribution in [2.75, 3.05) is 18.9 Å². The number of hydrogen-bond acceptors (Lipinski definition) is 5. The van der Waals surface area contributed by atoms with Crippen LogP contribution in [0, 0.1) is 0 Å². The van der Waals surface area contributed by atoms with E-state index in [1.807, 2.05) is 18.2 Å². The zero-order valence-corrected chi connectivity index (χ0v) is 21.1. The summed E-state index contributed by atoms with van der Waals surface area (Å²) in [4.78, 5) is 39.4. The monoisotopic (exact) mass is 498 g/mol. The fourth-order valence-corrected chi connectivity index (χ4v) is 5.78. The minimum atomic E-state index is -3.65. The number of aryl methyl sites for hydroxylation is 2. The van der Waals surface area contributed by atoms with Gasteiger partial charge in [0.05, 0.1) is 4.90 Å². The van der Waals surface area contributed by atoms with Gasteiger partial charge in [-0.1, -0.05) is 18.2 Å². The van der Waals surface area contributed by atoms with Crippen molar-refractivity contribution in [1.82, 2.24) is 14.5 Å². The van der Waals surface area contributed by atoms with E-state index in [0.29, 0.717) is 11.3 Å². The fourth-order valence-electron chi connectivity index (χ4n) is 4.42. The minimum absolute atomic E-state index is 0.103. The van der Waals surface area contributed by atoms with Crippen molar-refractivity contribution in [1.29, 1.82) is 0 Å². The van der Waals surface area contributed by atoms with E-state index >= 15 is 0 Å². The molecule has 4 amide bonds. The van der Waals surface area contributed by atoms with Gasteiger partial charge in [0.2, 0.25) is 15.9 Å². The Morgan fingerprint density at radius 2 is 1.77 bits per heavy atom. The van der Waals surface area contributed by atoms with Crippen LogP contribution in [0.3, 0.4) is 0 Å². The first-order valence-corrected chi connectivity index (χ1v) is 13.0. The van der Waals surface area contributed by atoms with E-state index in [9.17, 15) is 22.8 Å². The van der Waals surface area contributed by atoms with Crippen LogP contribution in [0.2, 0.25) is 0 Å². The Balaban J connectivity index is 1.44. The number of nitrogens with one attached hydrogen (secondary N) is 2. The van der Waals surface area contributed by atoms with Gasteiger partial charge in [-0.15, -0.1) is 0 Å². The number of rotatable bonds is 7. The van der Waals surface area contributed by atoms with Gasteiger partial charge in [0.1, 0.15) is 12.1 Å². The SMILES string of the molecule is CC(C)N(C)S(=O)(=O)c1ccc(NC(=O)CN2C(=O)N[C@](C)(c3ccc4c(c3)CCC4)C2=O)cc1. The van der Waals surface area contributed by atoms with Crippen molar-refractivity contribution >= 4 is 33.6 Å². The number of imide groups is 1. The van der Waals surface area contributed by atoms with Gasteiger partial charge in [0.25, 0.3) is 5.91 Å². The number of carbonyl (C=O) groups excluding carboxylic acids is 3. The average Bonchev–Trinajstić information content (AvgIpc) is 3.37. The first-order valence-electron chi connectivity index (χ1n) is 11.6. The third-order valence-electron chi connectivity index (χ3n) is 6.79. The number of amides is 4. The number of anilines is 1. The van der Waals surface area contributed by atoms with Crippen LogP contribution in [0.4, 0.5) is 10.5 Å². The molecular weight excluding hydrogens is 468 g/mol. The van der Waals surface area contributed by atoms with Crippen LogP contribution in [0.5, 0.6) is 0 Å². The molecule has 2 aromatic rings. The molecule has 0 aromatic heterocycles. The number of sulfonamides is 1. The summed E-state index contributed by atoms with van der Waals surface area (Å²) in [6.45, 7) is 4.74. The van der Waals surface area contributed by atoms with Gasteiger partial charge in [0, 0.05) is 18.8 Å². The molecule has 0 radical (unpaired) electrons. The zero-order chi connectivity index (χ0) is 25.5. The standard InChI is InChI=1S/C25H30N4O5S/c1-16(2)28(4)35(33,34)21-12-10-20(11-13-21)26-22(30)15-29-23(31)25(3,27-24(29)32)19-9-8-17-6-5-7-18(17)14-19/h8-14,16H,5-7,15H2,1-4H3,(H,26,30)(H,27,32)/t25-/m1/s1. The molecule has 186 valence electrons. The van der Waals surface area contributed by atoms with Gasteiger partial charge in [-0.2, -0.15) is 4.31 Å². The van der Waals surface area contributed by atoms with Crippen LogP contribution in [0.15, 0.2) is 47.4 Å². The smallest absolute Gasteiger partial charge is 0.325 e. The van der Waals surface area contributed by atoms with Crippen LogP contribution in [-0.2, 0) is 38.0 Å². The summed E-state index contributed by atoms with van der Waals surface area (Å²) in [5.41, 5.74) is 2.26. The zero-order valence-electron chi connectivity index (χ0n) is 20.3. The Morgan fingerprint density at radius 1 is 1.11 bits per heavy atom. The quantitative estimate of drug-likeness (QED) is 0.570. The molecule has 35 heavy (non-hydrogen) atoms. The maximum Gasteiger partial charge on any atom is 0.325 e. The normalized spacial score (nSPS) is 19.9. The molecule has 1 aliphatic heterocycles. The predicted octanol–water partition coefficient (Wildman–Crippen LogP) is 2.61. The van der Waals surface area contributed by atoms with E-state index in [0.717, 1.165) is 24.2 Å². The largest absolute Gasteiger partial charge is 0.325 e. The van der Waals surface area contributed by atoms with Gasteiger partial charge < -0.3 is 10.6 Å². The summed E-state index contributed by atoms with van der Waals surface area (Å²) in [6, 6.07) is 10.7. The molecule has 10 heteroatoms. The Morgan fingerprint density at radius 3 is 2.43 bits per heavy atom.